The minimum Gasteiger partial charge on any atom is -0.478 e. The van der Waals surface area contributed by atoms with Gasteiger partial charge in [-0.2, -0.15) is 0 Å². The number of imidazole rings is 1. The molecule has 5 nitrogen and oxygen atoms in total. The van der Waals surface area contributed by atoms with Crippen LogP contribution in [0.1, 0.15) is 36.5 Å². The molecule has 0 unspecified atom stereocenters. The van der Waals surface area contributed by atoms with E-state index in [-0.39, 0.29) is 5.56 Å². The number of nitrogens with zero attached hydrogens (tertiary/aromatic N) is 3. The van der Waals surface area contributed by atoms with Crippen LogP contribution in [-0.2, 0) is 6.54 Å². The normalized spacial score (nSPS) is 11.4. The zero-order chi connectivity index (χ0) is 15.4. The first kappa shape index (κ1) is 15.5. The summed E-state index contributed by atoms with van der Waals surface area (Å²) in [7, 11) is 0. The third kappa shape index (κ3) is 3.24. The molecule has 0 aliphatic carbocycles. The van der Waals surface area contributed by atoms with Crippen LogP contribution in [0.15, 0.2) is 18.2 Å². The second-order valence-corrected chi connectivity index (χ2v) is 5.17. The lowest BCUT2D eigenvalue weighted by molar-refractivity contribution is 0.0699. The van der Waals surface area contributed by atoms with Crippen molar-refractivity contribution in [3.63, 3.8) is 0 Å². The molecule has 0 aliphatic heterocycles. The van der Waals surface area contributed by atoms with Crippen LogP contribution in [0.5, 0.6) is 0 Å². The van der Waals surface area contributed by atoms with Gasteiger partial charge in [0.25, 0.3) is 0 Å². The van der Waals surface area contributed by atoms with Gasteiger partial charge in [0.15, 0.2) is 0 Å². The van der Waals surface area contributed by atoms with E-state index in [0.29, 0.717) is 5.52 Å². The molecule has 0 saturated carbocycles. The van der Waals surface area contributed by atoms with Crippen LogP contribution < -0.4 is 0 Å². The molecule has 0 atom stereocenters. The Morgan fingerprint density at radius 1 is 1.33 bits per heavy atom. The maximum Gasteiger partial charge on any atom is 0.337 e. The number of carboxylic acids is 1. The van der Waals surface area contributed by atoms with Gasteiger partial charge in [0.05, 0.1) is 11.1 Å². The second kappa shape index (κ2) is 6.72. The van der Waals surface area contributed by atoms with E-state index in [9.17, 15) is 9.90 Å². The van der Waals surface area contributed by atoms with Crippen LogP contribution in [0.25, 0.3) is 11.0 Å². The highest BCUT2D eigenvalue weighted by molar-refractivity contribution is 6.01. The number of carboxylic acid groups (broad SMARTS) is 1. The Morgan fingerprint density at radius 2 is 2.05 bits per heavy atom. The maximum atomic E-state index is 11.3. The molecule has 1 aromatic heterocycles. The fraction of sp³-hybridized carbons (Fsp3) is 0.500. The number of fused-ring (bicyclic) bond motifs is 1. The molecule has 1 heterocycles. The average molecular weight is 289 g/mol. The number of rotatable bonds is 7. The Morgan fingerprint density at radius 3 is 2.67 bits per heavy atom. The summed E-state index contributed by atoms with van der Waals surface area (Å²) in [5.41, 5.74) is 1.77. The van der Waals surface area contributed by atoms with Gasteiger partial charge in [-0.3, -0.25) is 0 Å². The molecular formula is C16H23N3O2. The minimum absolute atomic E-state index is 0.276. The molecular weight excluding hydrogens is 266 g/mol. The summed E-state index contributed by atoms with van der Waals surface area (Å²) in [6, 6.07) is 5.34. The summed E-state index contributed by atoms with van der Waals surface area (Å²) in [6.07, 6.45) is 1.03. The molecule has 21 heavy (non-hydrogen) atoms. The van der Waals surface area contributed by atoms with Crippen molar-refractivity contribution < 1.29 is 9.90 Å². The van der Waals surface area contributed by atoms with Crippen LogP contribution in [-0.4, -0.2) is 45.2 Å². The van der Waals surface area contributed by atoms with Crippen molar-refractivity contribution in [1.29, 1.82) is 0 Å². The summed E-state index contributed by atoms with van der Waals surface area (Å²) in [6.45, 7) is 10.3. The zero-order valence-corrected chi connectivity index (χ0v) is 13.0. The van der Waals surface area contributed by atoms with Crippen molar-refractivity contribution in [3.8, 4) is 0 Å². The largest absolute Gasteiger partial charge is 0.478 e. The van der Waals surface area contributed by atoms with E-state index >= 15 is 0 Å². The first-order valence-electron chi connectivity index (χ1n) is 7.50. The standard InChI is InChI=1S/C16H23N3O2/c1-4-18(5-2)10-7-11-19-12(3)17-15-13(16(20)21)8-6-9-14(15)19/h6,8-9H,4-5,7,10-11H2,1-3H3,(H,20,21). The molecule has 2 rings (SSSR count). The van der Waals surface area contributed by atoms with E-state index in [1.807, 2.05) is 13.0 Å². The van der Waals surface area contributed by atoms with Crippen molar-refractivity contribution in [2.75, 3.05) is 19.6 Å². The van der Waals surface area contributed by atoms with Crippen LogP contribution in [0, 0.1) is 6.92 Å². The van der Waals surface area contributed by atoms with Crippen molar-refractivity contribution >= 4 is 17.0 Å². The molecule has 0 fully saturated rings. The van der Waals surface area contributed by atoms with Gasteiger partial charge >= 0.3 is 5.97 Å². The summed E-state index contributed by atoms with van der Waals surface area (Å²) >= 11 is 0. The highest BCUT2D eigenvalue weighted by Gasteiger charge is 2.14. The summed E-state index contributed by atoms with van der Waals surface area (Å²) in [4.78, 5) is 18.1. The maximum absolute atomic E-state index is 11.3. The molecule has 0 spiro atoms. The highest BCUT2D eigenvalue weighted by Crippen LogP contribution is 2.20. The van der Waals surface area contributed by atoms with Gasteiger partial charge in [-0.25, -0.2) is 9.78 Å². The second-order valence-electron chi connectivity index (χ2n) is 5.17. The Kier molecular flexibility index (Phi) is 4.96. The summed E-state index contributed by atoms with van der Waals surface area (Å²) in [5.74, 6) is -0.0494. The molecule has 1 N–H and O–H groups in total. The Hall–Kier alpha value is -1.88. The van der Waals surface area contributed by atoms with Gasteiger partial charge < -0.3 is 14.6 Å². The lowest BCUT2D eigenvalue weighted by Gasteiger charge is -2.18. The Bertz CT molecular complexity index is 630. The molecule has 114 valence electrons. The van der Waals surface area contributed by atoms with Gasteiger partial charge in [0, 0.05) is 6.54 Å². The van der Waals surface area contributed by atoms with E-state index in [1.54, 1.807) is 12.1 Å². The monoisotopic (exact) mass is 289 g/mol. The number of benzene rings is 1. The number of aromatic carboxylic acids is 1. The molecule has 0 aliphatic rings. The number of carbonyl (C=O) groups is 1. The van der Waals surface area contributed by atoms with E-state index < -0.39 is 5.97 Å². The van der Waals surface area contributed by atoms with Crippen molar-refractivity contribution in [2.45, 2.75) is 33.7 Å². The number of para-hydroxylation sites is 1. The van der Waals surface area contributed by atoms with Gasteiger partial charge in [-0.1, -0.05) is 19.9 Å². The molecule has 0 saturated heterocycles. The van der Waals surface area contributed by atoms with Gasteiger partial charge in [0.2, 0.25) is 0 Å². The SMILES string of the molecule is CCN(CC)CCCn1c(C)nc2c(C(=O)O)cccc21. The number of hydrogen-bond donors (Lipinski definition) is 1. The van der Waals surface area contributed by atoms with Crippen molar-refractivity contribution in [2.24, 2.45) is 0 Å². The van der Waals surface area contributed by atoms with E-state index in [1.165, 1.54) is 0 Å². The molecule has 0 bridgehead atoms. The zero-order valence-electron chi connectivity index (χ0n) is 13.0. The van der Waals surface area contributed by atoms with Crippen LogP contribution >= 0.6 is 0 Å². The first-order valence-corrected chi connectivity index (χ1v) is 7.50. The fourth-order valence-corrected chi connectivity index (χ4v) is 2.71. The number of hydrogen-bond acceptors (Lipinski definition) is 3. The number of aryl methyl sites for hydroxylation is 2. The van der Waals surface area contributed by atoms with Gasteiger partial charge in [0.1, 0.15) is 11.3 Å². The number of aromatic nitrogens is 2. The van der Waals surface area contributed by atoms with Gasteiger partial charge in [-0.05, 0) is 45.1 Å². The van der Waals surface area contributed by atoms with E-state index in [4.69, 9.17) is 0 Å². The molecule has 5 heteroatoms. The van der Waals surface area contributed by atoms with Gasteiger partial charge in [-0.15, -0.1) is 0 Å². The lowest BCUT2D eigenvalue weighted by Crippen LogP contribution is -2.24. The smallest absolute Gasteiger partial charge is 0.337 e. The third-order valence-electron chi connectivity index (χ3n) is 3.95. The van der Waals surface area contributed by atoms with Crippen LogP contribution in [0.3, 0.4) is 0 Å². The fourth-order valence-electron chi connectivity index (χ4n) is 2.71. The Labute approximate surface area is 125 Å². The quantitative estimate of drug-likeness (QED) is 0.851. The summed E-state index contributed by atoms with van der Waals surface area (Å²) < 4.78 is 2.12. The topological polar surface area (TPSA) is 58.4 Å². The molecule has 0 radical (unpaired) electrons. The average Bonchev–Trinajstić information content (AvgIpc) is 2.79. The predicted octanol–water partition coefficient (Wildman–Crippen LogP) is 2.77. The molecule has 2 aromatic rings. The van der Waals surface area contributed by atoms with E-state index in [0.717, 1.165) is 43.9 Å². The summed E-state index contributed by atoms with van der Waals surface area (Å²) in [5, 5.41) is 9.24. The van der Waals surface area contributed by atoms with Crippen LogP contribution in [0.2, 0.25) is 0 Å². The van der Waals surface area contributed by atoms with Crippen molar-refractivity contribution in [1.82, 2.24) is 14.5 Å². The minimum atomic E-state index is -0.923. The lowest BCUT2D eigenvalue weighted by atomic mass is 10.2. The third-order valence-corrected chi connectivity index (χ3v) is 3.95. The first-order chi connectivity index (χ1) is 10.1. The van der Waals surface area contributed by atoms with E-state index in [2.05, 4.69) is 28.3 Å². The highest BCUT2D eigenvalue weighted by atomic mass is 16.4. The molecule has 1 aromatic carbocycles. The molecule has 0 amide bonds. The van der Waals surface area contributed by atoms with Crippen molar-refractivity contribution in [3.05, 3.63) is 29.6 Å². The Balaban J connectivity index is 2.22. The predicted molar refractivity (Wildman–Crippen MR) is 83.8 cm³/mol. The van der Waals surface area contributed by atoms with Crippen LogP contribution in [0.4, 0.5) is 0 Å².